The number of carbonyl (C=O) groups excluding carboxylic acids is 2. The summed E-state index contributed by atoms with van der Waals surface area (Å²) < 4.78 is 28.4. The van der Waals surface area contributed by atoms with Crippen LogP contribution in [0.25, 0.3) is 0 Å². The van der Waals surface area contributed by atoms with Crippen LogP contribution in [0.1, 0.15) is 31.1 Å². The molecule has 21 heavy (non-hydrogen) atoms. The molecule has 0 bridgehead atoms. The van der Waals surface area contributed by atoms with Crippen LogP contribution in [0.4, 0.5) is 8.78 Å². The highest BCUT2D eigenvalue weighted by molar-refractivity contribution is 5.96. The Labute approximate surface area is 121 Å². The SMILES string of the molecule is CC(C)(C)NC(=O)CNC(=O)c1cccc(OC(F)F)c1. The summed E-state index contributed by atoms with van der Waals surface area (Å²) in [6.07, 6.45) is 0. The Hall–Kier alpha value is -2.18. The van der Waals surface area contributed by atoms with E-state index in [1.165, 1.54) is 24.3 Å². The third-order valence-electron chi connectivity index (χ3n) is 2.25. The third-order valence-corrected chi connectivity index (χ3v) is 2.25. The predicted octanol–water partition coefficient (Wildman–Crippen LogP) is 1.93. The topological polar surface area (TPSA) is 67.4 Å². The van der Waals surface area contributed by atoms with Crippen LogP contribution >= 0.6 is 0 Å². The minimum Gasteiger partial charge on any atom is -0.435 e. The first-order chi connectivity index (χ1) is 9.67. The summed E-state index contributed by atoms with van der Waals surface area (Å²) in [4.78, 5) is 23.4. The van der Waals surface area contributed by atoms with Crippen LogP contribution in [0, 0.1) is 0 Å². The molecule has 5 nitrogen and oxygen atoms in total. The molecule has 0 spiro atoms. The maximum absolute atomic E-state index is 12.1. The normalized spacial score (nSPS) is 11.1. The number of hydrogen-bond acceptors (Lipinski definition) is 3. The zero-order valence-electron chi connectivity index (χ0n) is 12.1. The van der Waals surface area contributed by atoms with E-state index >= 15 is 0 Å². The first kappa shape index (κ1) is 16.9. The van der Waals surface area contributed by atoms with Crippen LogP contribution in [-0.2, 0) is 4.79 Å². The van der Waals surface area contributed by atoms with Crippen molar-refractivity contribution in [2.45, 2.75) is 32.9 Å². The molecule has 0 atom stereocenters. The van der Waals surface area contributed by atoms with Gasteiger partial charge in [-0.25, -0.2) is 0 Å². The molecule has 1 rings (SSSR count). The largest absolute Gasteiger partial charge is 0.435 e. The van der Waals surface area contributed by atoms with Crippen molar-refractivity contribution in [3.63, 3.8) is 0 Å². The van der Waals surface area contributed by atoms with Crippen LogP contribution in [0.5, 0.6) is 5.75 Å². The number of amides is 2. The molecule has 0 saturated carbocycles. The van der Waals surface area contributed by atoms with E-state index in [4.69, 9.17) is 0 Å². The monoisotopic (exact) mass is 300 g/mol. The van der Waals surface area contributed by atoms with Gasteiger partial charge in [-0.3, -0.25) is 9.59 Å². The van der Waals surface area contributed by atoms with Gasteiger partial charge < -0.3 is 15.4 Å². The molecule has 1 aromatic carbocycles. The Morgan fingerprint density at radius 2 is 1.95 bits per heavy atom. The van der Waals surface area contributed by atoms with Crippen molar-refractivity contribution >= 4 is 11.8 Å². The summed E-state index contributed by atoms with van der Waals surface area (Å²) in [5.41, 5.74) is -0.260. The summed E-state index contributed by atoms with van der Waals surface area (Å²) in [6, 6.07) is 5.36. The quantitative estimate of drug-likeness (QED) is 0.873. The summed E-state index contributed by atoms with van der Waals surface area (Å²) in [6.45, 7) is 2.30. The molecule has 7 heteroatoms. The van der Waals surface area contributed by atoms with E-state index in [1.807, 2.05) is 20.8 Å². The fourth-order valence-corrected chi connectivity index (χ4v) is 1.54. The van der Waals surface area contributed by atoms with E-state index in [9.17, 15) is 18.4 Å². The van der Waals surface area contributed by atoms with Gasteiger partial charge in [0.25, 0.3) is 5.91 Å². The second kappa shape index (κ2) is 7.01. The number of benzene rings is 1. The second-order valence-electron chi connectivity index (χ2n) is 5.39. The first-order valence-electron chi connectivity index (χ1n) is 6.31. The standard InChI is InChI=1S/C14H18F2N2O3/c1-14(2,3)18-11(19)8-17-12(20)9-5-4-6-10(7-9)21-13(15)16/h4-7,13H,8H2,1-3H3,(H,17,20)(H,18,19). The van der Waals surface area contributed by atoms with Gasteiger partial charge in [-0.05, 0) is 39.0 Å². The molecule has 0 aliphatic heterocycles. The fourth-order valence-electron chi connectivity index (χ4n) is 1.54. The molecule has 116 valence electrons. The summed E-state index contributed by atoms with van der Waals surface area (Å²) in [7, 11) is 0. The number of hydrogen-bond donors (Lipinski definition) is 2. The number of carbonyl (C=O) groups is 2. The van der Waals surface area contributed by atoms with Gasteiger partial charge in [0.15, 0.2) is 0 Å². The van der Waals surface area contributed by atoms with Crippen molar-refractivity contribution in [3.8, 4) is 5.75 Å². The van der Waals surface area contributed by atoms with Gasteiger partial charge in [-0.2, -0.15) is 8.78 Å². The molecule has 0 fully saturated rings. The lowest BCUT2D eigenvalue weighted by molar-refractivity contribution is -0.121. The number of halogens is 2. The highest BCUT2D eigenvalue weighted by Gasteiger charge is 2.15. The molecule has 0 saturated heterocycles. The highest BCUT2D eigenvalue weighted by Crippen LogP contribution is 2.15. The lowest BCUT2D eigenvalue weighted by Gasteiger charge is -2.20. The van der Waals surface area contributed by atoms with Crippen LogP contribution in [-0.4, -0.2) is 30.5 Å². The Bertz CT molecular complexity index is 513. The summed E-state index contributed by atoms with van der Waals surface area (Å²) in [5.74, 6) is -0.994. The smallest absolute Gasteiger partial charge is 0.387 e. The van der Waals surface area contributed by atoms with Crippen LogP contribution < -0.4 is 15.4 Å². The molecule has 0 heterocycles. The predicted molar refractivity (Wildman–Crippen MR) is 73.3 cm³/mol. The van der Waals surface area contributed by atoms with Crippen LogP contribution in [0.2, 0.25) is 0 Å². The van der Waals surface area contributed by atoms with Crippen molar-refractivity contribution in [1.82, 2.24) is 10.6 Å². The van der Waals surface area contributed by atoms with Gasteiger partial charge >= 0.3 is 6.61 Å². The highest BCUT2D eigenvalue weighted by atomic mass is 19.3. The van der Waals surface area contributed by atoms with Crippen molar-refractivity contribution < 1.29 is 23.1 Å². The molecule has 2 amide bonds. The fraction of sp³-hybridized carbons (Fsp3) is 0.429. The van der Waals surface area contributed by atoms with E-state index in [0.29, 0.717) is 0 Å². The van der Waals surface area contributed by atoms with Gasteiger partial charge in [0.05, 0.1) is 6.54 Å². The van der Waals surface area contributed by atoms with Crippen molar-refractivity contribution in [1.29, 1.82) is 0 Å². The van der Waals surface area contributed by atoms with E-state index in [0.717, 1.165) is 0 Å². The van der Waals surface area contributed by atoms with Crippen molar-refractivity contribution in [3.05, 3.63) is 29.8 Å². The molecular weight excluding hydrogens is 282 g/mol. The molecular formula is C14H18F2N2O3. The maximum atomic E-state index is 12.1. The van der Waals surface area contributed by atoms with Crippen LogP contribution in [0.15, 0.2) is 24.3 Å². The first-order valence-corrected chi connectivity index (χ1v) is 6.31. The lowest BCUT2D eigenvalue weighted by atomic mass is 10.1. The van der Waals surface area contributed by atoms with Gasteiger partial charge in [0.2, 0.25) is 5.91 Å². The minimum atomic E-state index is -2.96. The van der Waals surface area contributed by atoms with Crippen LogP contribution in [0.3, 0.4) is 0 Å². The Balaban J connectivity index is 2.58. The summed E-state index contributed by atoms with van der Waals surface area (Å²) >= 11 is 0. The molecule has 0 unspecified atom stereocenters. The molecule has 2 N–H and O–H groups in total. The Kier molecular flexibility index (Phi) is 5.63. The Morgan fingerprint density at radius 3 is 2.52 bits per heavy atom. The molecule has 0 radical (unpaired) electrons. The van der Waals surface area contributed by atoms with Gasteiger partial charge in [0.1, 0.15) is 5.75 Å². The number of alkyl halides is 2. The second-order valence-corrected chi connectivity index (χ2v) is 5.39. The molecule has 0 aromatic heterocycles. The van der Waals surface area contributed by atoms with Crippen molar-refractivity contribution in [2.75, 3.05) is 6.54 Å². The minimum absolute atomic E-state index is 0.114. The zero-order valence-corrected chi connectivity index (χ0v) is 12.1. The number of rotatable bonds is 5. The van der Waals surface area contributed by atoms with E-state index in [2.05, 4.69) is 15.4 Å². The zero-order chi connectivity index (χ0) is 16.0. The van der Waals surface area contributed by atoms with Gasteiger partial charge in [0, 0.05) is 11.1 Å². The van der Waals surface area contributed by atoms with E-state index in [-0.39, 0.29) is 23.8 Å². The summed E-state index contributed by atoms with van der Waals surface area (Å²) in [5, 5.41) is 5.09. The average Bonchev–Trinajstić information content (AvgIpc) is 2.33. The lowest BCUT2D eigenvalue weighted by Crippen LogP contribution is -2.45. The third kappa shape index (κ3) is 6.69. The number of nitrogens with one attached hydrogen (secondary N) is 2. The van der Waals surface area contributed by atoms with E-state index < -0.39 is 18.1 Å². The van der Waals surface area contributed by atoms with Crippen molar-refractivity contribution in [2.24, 2.45) is 0 Å². The molecule has 0 aliphatic rings. The van der Waals surface area contributed by atoms with Gasteiger partial charge in [-0.1, -0.05) is 6.07 Å². The molecule has 0 aliphatic carbocycles. The molecule has 1 aromatic rings. The maximum Gasteiger partial charge on any atom is 0.387 e. The average molecular weight is 300 g/mol. The Morgan fingerprint density at radius 1 is 1.29 bits per heavy atom. The number of ether oxygens (including phenoxy) is 1. The van der Waals surface area contributed by atoms with E-state index in [1.54, 1.807) is 0 Å². The van der Waals surface area contributed by atoms with Gasteiger partial charge in [-0.15, -0.1) is 0 Å².